The lowest BCUT2D eigenvalue weighted by Gasteiger charge is -2.21. The molecular formula is C15H6F10NOP. The third-order valence-corrected chi connectivity index (χ3v) is 6.03. The molecule has 2 rings (SSSR count). The zero-order valence-electron chi connectivity index (χ0n) is 13.1. The van der Waals surface area contributed by atoms with Gasteiger partial charge in [-0.15, -0.1) is 0 Å². The molecule has 0 fully saturated rings. The number of hydrogen-bond donors (Lipinski definition) is 1. The predicted molar refractivity (Wildman–Crippen MR) is 77.3 cm³/mol. The molecule has 0 aromatic heterocycles. The summed E-state index contributed by atoms with van der Waals surface area (Å²) in [6, 6.07) is 0. The summed E-state index contributed by atoms with van der Waals surface area (Å²) in [5.41, 5.74) is 4.80. The molecule has 0 bridgehead atoms. The minimum absolute atomic E-state index is 0.912. The molecule has 0 saturated carbocycles. The van der Waals surface area contributed by atoms with Crippen LogP contribution in [0.4, 0.5) is 43.9 Å². The molecule has 0 spiro atoms. The van der Waals surface area contributed by atoms with E-state index in [1.165, 1.54) is 0 Å². The van der Waals surface area contributed by atoms with Crippen molar-refractivity contribution in [3.63, 3.8) is 0 Å². The quantitative estimate of drug-likeness (QED) is 0.332. The maximum absolute atomic E-state index is 14.1. The number of carbonyl (C=O) groups excluding carboxylic acids is 1. The SMILES string of the molecule is NC(=O)CCP(c1c(F)c(F)c(F)c(F)c1F)c1c(F)c(F)c(F)c(F)c1F. The Hall–Kier alpha value is -2.36. The van der Waals surface area contributed by atoms with Gasteiger partial charge in [0.15, 0.2) is 46.5 Å². The van der Waals surface area contributed by atoms with Crippen molar-refractivity contribution in [3.8, 4) is 0 Å². The Labute approximate surface area is 150 Å². The van der Waals surface area contributed by atoms with Gasteiger partial charge in [0.1, 0.15) is 0 Å². The van der Waals surface area contributed by atoms with E-state index in [9.17, 15) is 48.7 Å². The van der Waals surface area contributed by atoms with Crippen molar-refractivity contribution in [2.24, 2.45) is 5.73 Å². The second-order valence-electron chi connectivity index (χ2n) is 5.20. The van der Waals surface area contributed by atoms with Crippen molar-refractivity contribution < 1.29 is 48.7 Å². The van der Waals surface area contributed by atoms with Crippen LogP contribution >= 0.6 is 7.92 Å². The fourth-order valence-electron chi connectivity index (χ4n) is 2.22. The Balaban J connectivity index is 2.90. The van der Waals surface area contributed by atoms with Gasteiger partial charge in [0.05, 0.1) is 10.6 Å². The lowest BCUT2D eigenvalue weighted by Crippen LogP contribution is -2.30. The van der Waals surface area contributed by atoms with Crippen LogP contribution in [0.2, 0.25) is 0 Å². The van der Waals surface area contributed by atoms with Crippen LogP contribution in [0.25, 0.3) is 0 Å². The van der Waals surface area contributed by atoms with Gasteiger partial charge in [0.25, 0.3) is 0 Å². The number of rotatable bonds is 5. The highest BCUT2D eigenvalue weighted by atomic mass is 31.1. The third kappa shape index (κ3) is 3.52. The number of halogens is 10. The minimum atomic E-state index is -3.45. The number of nitrogens with two attached hydrogens (primary N) is 1. The molecule has 2 N–H and O–H groups in total. The summed E-state index contributed by atoms with van der Waals surface area (Å²) in [5, 5.41) is -3.62. The largest absolute Gasteiger partial charge is 0.370 e. The molecule has 0 atom stereocenters. The maximum Gasteiger partial charge on any atom is 0.217 e. The molecule has 0 radical (unpaired) electrons. The summed E-state index contributed by atoms with van der Waals surface area (Å²) in [6.07, 6.45) is -1.97. The lowest BCUT2D eigenvalue weighted by atomic mass is 10.3. The first kappa shape index (κ1) is 21.9. The summed E-state index contributed by atoms with van der Waals surface area (Å²) in [7, 11) is -3.45. The standard InChI is InChI=1S/C15H6F10NOP/c16-4-6(18)10(22)14(11(23)7(4)19)28(2-1-3(26)27)15-12(24)8(20)5(17)9(21)13(15)25/h1-2H2,(H2,26,27). The highest BCUT2D eigenvalue weighted by Crippen LogP contribution is 2.41. The third-order valence-electron chi connectivity index (χ3n) is 3.49. The molecule has 0 heterocycles. The molecule has 13 heteroatoms. The van der Waals surface area contributed by atoms with Crippen LogP contribution in [0.1, 0.15) is 6.42 Å². The Morgan fingerprint density at radius 1 is 0.571 bits per heavy atom. The van der Waals surface area contributed by atoms with Gasteiger partial charge in [-0.3, -0.25) is 4.79 Å². The Kier molecular flexibility index (Phi) is 6.22. The van der Waals surface area contributed by atoms with Gasteiger partial charge >= 0.3 is 0 Å². The van der Waals surface area contributed by atoms with Crippen LogP contribution in [-0.2, 0) is 4.79 Å². The average molecular weight is 437 g/mol. The van der Waals surface area contributed by atoms with Crippen LogP contribution in [0.15, 0.2) is 0 Å². The van der Waals surface area contributed by atoms with Crippen LogP contribution in [-0.4, -0.2) is 12.1 Å². The fraction of sp³-hybridized carbons (Fsp3) is 0.133. The molecule has 2 aromatic rings. The molecule has 2 aromatic carbocycles. The molecule has 0 unspecified atom stereocenters. The topological polar surface area (TPSA) is 43.1 Å². The van der Waals surface area contributed by atoms with Crippen molar-refractivity contribution in [3.05, 3.63) is 58.2 Å². The first-order valence-corrected chi connectivity index (χ1v) is 8.53. The van der Waals surface area contributed by atoms with Crippen LogP contribution in [0.5, 0.6) is 0 Å². The van der Waals surface area contributed by atoms with E-state index in [4.69, 9.17) is 5.73 Å². The molecule has 2 nitrogen and oxygen atoms in total. The van der Waals surface area contributed by atoms with Gasteiger partial charge in [-0.25, -0.2) is 43.9 Å². The van der Waals surface area contributed by atoms with Crippen molar-refractivity contribution >= 4 is 24.4 Å². The first-order chi connectivity index (χ1) is 12.9. The Bertz CT molecular complexity index is 853. The molecule has 0 aliphatic rings. The van der Waals surface area contributed by atoms with E-state index in [-0.39, 0.29) is 0 Å². The van der Waals surface area contributed by atoms with Gasteiger partial charge in [0, 0.05) is 6.42 Å². The van der Waals surface area contributed by atoms with E-state index in [1.54, 1.807) is 0 Å². The fourth-order valence-corrected chi connectivity index (χ4v) is 4.67. The van der Waals surface area contributed by atoms with Crippen molar-refractivity contribution in [2.75, 3.05) is 6.16 Å². The monoisotopic (exact) mass is 437 g/mol. The van der Waals surface area contributed by atoms with Crippen LogP contribution in [0.3, 0.4) is 0 Å². The van der Waals surface area contributed by atoms with Crippen molar-refractivity contribution in [1.29, 1.82) is 0 Å². The van der Waals surface area contributed by atoms with E-state index in [0.717, 1.165) is 0 Å². The molecule has 1 amide bonds. The normalized spacial score (nSPS) is 11.4. The summed E-state index contributed by atoms with van der Waals surface area (Å²) in [6.45, 7) is 0. The summed E-state index contributed by atoms with van der Waals surface area (Å²) in [4.78, 5) is 10.9. The summed E-state index contributed by atoms with van der Waals surface area (Å²) in [5.74, 6) is -26.5. The number of amides is 1. The van der Waals surface area contributed by atoms with E-state index in [2.05, 4.69) is 0 Å². The number of benzene rings is 2. The predicted octanol–water partition coefficient (Wildman–Crippen LogP) is 3.39. The molecule has 0 saturated heterocycles. The molecule has 152 valence electrons. The van der Waals surface area contributed by atoms with Gasteiger partial charge in [-0.2, -0.15) is 0 Å². The molecular weight excluding hydrogens is 431 g/mol. The smallest absolute Gasteiger partial charge is 0.217 e. The highest BCUT2D eigenvalue weighted by Gasteiger charge is 2.37. The Morgan fingerprint density at radius 3 is 1.07 bits per heavy atom. The molecule has 0 aliphatic heterocycles. The second kappa shape index (κ2) is 7.94. The molecule has 28 heavy (non-hydrogen) atoms. The van der Waals surface area contributed by atoms with Gasteiger partial charge in [0.2, 0.25) is 17.5 Å². The van der Waals surface area contributed by atoms with Crippen LogP contribution < -0.4 is 16.3 Å². The zero-order valence-corrected chi connectivity index (χ0v) is 14.0. The Morgan fingerprint density at radius 2 is 0.821 bits per heavy atom. The van der Waals surface area contributed by atoms with Gasteiger partial charge in [-0.05, 0) is 14.1 Å². The number of carbonyl (C=O) groups is 1. The van der Waals surface area contributed by atoms with Crippen molar-refractivity contribution in [2.45, 2.75) is 6.42 Å². The number of hydrogen-bond acceptors (Lipinski definition) is 1. The summed E-state index contributed by atoms with van der Waals surface area (Å²) >= 11 is 0. The van der Waals surface area contributed by atoms with Gasteiger partial charge in [-0.1, -0.05) is 0 Å². The first-order valence-electron chi connectivity index (χ1n) is 7.00. The minimum Gasteiger partial charge on any atom is -0.370 e. The van der Waals surface area contributed by atoms with Crippen molar-refractivity contribution in [1.82, 2.24) is 0 Å². The van der Waals surface area contributed by atoms with E-state index >= 15 is 0 Å². The highest BCUT2D eigenvalue weighted by molar-refractivity contribution is 7.73. The summed E-state index contributed by atoms with van der Waals surface area (Å²) < 4.78 is 137. The van der Waals surface area contributed by atoms with E-state index in [1.807, 2.05) is 0 Å². The molecule has 0 aliphatic carbocycles. The van der Waals surface area contributed by atoms with Gasteiger partial charge < -0.3 is 5.73 Å². The average Bonchev–Trinajstić information content (AvgIpc) is 2.65. The zero-order chi connectivity index (χ0) is 21.5. The lowest BCUT2D eigenvalue weighted by molar-refractivity contribution is -0.117. The van der Waals surface area contributed by atoms with E-state index < -0.39 is 95.2 Å². The second-order valence-corrected chi connectivity index (χ2v) is 7.40. The number of primary amides is 1. The maximum atomic E-state index is 14.1. The van der Waals surface area contributed by atoms with E-state index in [0.29, 0.717) is 0 Å². The van der Waals surface area contributed by atoms with Crippen LogP contribution in [0, 0.1) is 58.2 Å².